The Labute approximate surface area is 361 Å². The molecule has 304 valence electrons. The molecule has 0 atom stereocenters. The molecule has 0 aliphatic carbocycles. The third kappa shape index (κ3) is 7.50. The minimum Gasteiger partial charge on any atom is -0.354 e. The Morgan fingerprint density at radius 3 is 1.19 bits per heavy atom. The second kappa shape index (κ2) is 16.6. The highest BCUT2D eigenvalue weighted by molar-refractivity contribution is 6.00. The number of H-pyrrole nitrogens is 2. The van der Waals surface area contributed by atoms with Crippen molar-refractivity contribution in [2.75, 3.05) is 32.7 Å². The van der Waals surface area contributed by atoms with Crippen LogP contribution in [0.2, 0.25) is 0 Å². The summed E-state index contributed by atoms with van der Waals surface area (Å²) < 4.78 is 0. The number of Topliss-reactive ketones (excluding diaryl/α,β-unsaturated/α-hetero) is 1. The standard InChI is InChI=1S/C54H46N6O2/c1-35(2)49(61)34-59-30-32-60(33-31-59)54(62)40-20-18-39(19-21-40)53-47-28-26-45(57-47)51(37-14-8-4-9-15-37)43-24-22-41(55-43)50(36-12-6-3-7-13-36)42-23-25-44(56-42)52(38-16-10-5-11-17-38)46-27-29-48(53)58-46/h3-29,35,55,58H,30-34H2,1-2H3. The molecular weight excluding hydrogens is 765 g/mol. The van der Waals surface area contributed by atoms with E-state index >= 15 is 0 Å². The first-order chi connectivity index (χ1) is 30.4. The Hall–Kier alpha value is -7.42. The third-order valence-electron chi connectivity index (χ3n) is 12.0. The van der Waals surface area contributed by atoms with E-state index in [0.29, 0.717) is 38.3 Å². The highest BCUT2D eigenvalue weighted by Gasteiger charge is 2.25. The Kier molecular flexibility index (Phi) is 10.4. The zero-order valence-corrected chi connectivity index (χ0v) is 34.8. The molecule has 0 radical (unpaired) electrons. The van der Waals surface area contributed by atoms with Crippen molar-refractivity contribution >= 4 is 58.1 Å². The van der Waals surface area contributed by atoms with E-state index in [1.165, 1.54) is 0 Å². The van der Waals surface area contributed by atoms with Crippen molar-refractivity contribution in [2.24, 2.45) is 5.92 Å². The largest absolute Gasteiger partial charge is 0.354 e. The maximum Gasteiger partial charge on any atom is 0.253 e. The third-order valence-corrected chi connectivity index (χ3v) is 12.0. The number of rotatable bonds is 8. The Morgan fingerprint density at radius 1 is 0.484 bits per heavy atom. The molecule has 3 aliphatic heterocycles. The van der Waals surface area contributed by atoms with Crippen molar-refractivity contribution in [1.82, 2.24) is 29.7 Å². The number of piperazine rings is 1. The lowest BCUT2D eigenvalue weighted by Crippen LogP contribution is -2.50. The first-order valence-electron chi connectivity index (χ1n) is 21.4. The van der Waals surface area contributed by atoms with Gasteiger partial charge in [0, 0.05) is 82.0 Å². The quantitative estimate of drug-likeness (QED) is 0.159. The number of nitrogens with one attached hydrogen (secondary N) is 2. The monoisotopic (exact) mass is 810 g/mol. The van der Waals surface area contributed by atoms with E-state index in [-0.39, 0.29) is 17.6 Å². The van der Waals surface area contributed by atoms with Crippen LogP contribution in [0, 0.1) is 5.92 Å². The maximum atomic E-state index is 13.8. The number of benzene rings is 4. The summed E-state index contributed by atoms with van der Waals surface area (Å²) in [6.07, 6.45) is 8.41. The lowest BCUT2D eigenvalue weighted by molar-refractivity contribution is -0.123. The number of carbonyl (C=O) groups excluding carboxylic acids is 2. The molecule has 3 aliphatic rings. The van der Waals surface area contributed by atoms with Gasteiger partial charge < -0.3 is 14.9 Å². The molecule has 0 spiro atoms. The van der Waals surface area contributed by atoms with Gasteiger partial charge in [0.05, 0.1) is 29.3 Å². The molecule has 7 aromatic rings. The summed E-state index contributed by atoms with van der Waals surface area (Å²) in [5.41, 5.74) is 15.7. The Morgan fingerprint density at radius 2 is 0.839 bits per heavy atom. The van der Waals surface area contributed by atoms with Gasteiger partial charge in [-0.2, -0.15) is 0 Å². The number of hydrogen-bond acceptors (Lipinski definition) is 5. The number of aromatic amines is 2. The van der Waals surface area contributed by atoms with E-state index < -0.39 is 0 Å². The predicted molar refractivity (Wildman–Crippen MR) is 253 cm³/mol. The molecule has 8 bridgehead atoms. The highest BCUT2D eigenvalue weighted by atomic mass is 16.2. The van der Waals surface area contributed by atoms with Crippen LogP contribution in [0.3, 0.4) is 0 Å². The lowest BCUT2D eigenvalue weighted by atomic mass is 10.0. The molecule has 6 heterocycles. The molecule has 4 aromatic carbocycles. The average Bonchev–Trinajstić information content (AvgIpc) is 4.16. The van der Waals surface area contributed by atoms with Gasteiger partial charge in [-0.3, -0.25) is 14.5 Å². The fourth-order valence-electron chi connectivity index (χ4n) is 8.71. The summed E-state index contributed by atoms with van der Waals surface area (Å²) in [5, 5.41) is 0. The van der Waals surface area contributed by atoms with Crippen LogP contribution < -0.4 is 0 Å². The van der Waals surface area contributed by atoms with E-state index in [9.17, 15) is 9.59 Å². The SMILES string of the molecule is CC(C)C(=O)CN1CCN(C(=O)c2ccc(-c3c4nc(c(-c5ccccc5)c5ccc([nH]5)c(-c5ccccc5)c5nc(c(-c6ccccc6)c6ccc3[nH]6)C=C5)C=C4)cc2)CC1. The second-order valence-electron chi connectivity index (χ2n) is 16.4. The van der Waals surface area contributed by atoms with Crippen molar-refractivity contribution in [3.05, 3.63) is 168 Å². The van der Waals surface area contributed by atoms with Gasteiger partial charge in [-0.1, -0.05) is 117 Å². The van der Waals surface area contributed by atoms with Gasteiger partial charge in [0.15, 0.2) is 0 Å². The van der Waals surface area contributed by atoms with Gasteiger partial charge >= 0.3 is 0 Å². The molecule has 3 aromatic heterocycles. The summed E-state index contributed by atoms with van der Waals surface area (Å²) in [4.78, 5) is 48.7. The summed E-state index contributed by atoms with van der Waals surface area (Å²) in [5.74, 6) is 0.233. The molecule has 2 N–H and O–H groups in total. The number of carbonyl (C=O) groups is 2. The molecule has 0 unspecified atom stereocenters. The molecule has 10 rings (SSSR count). The predicted octanol–water partition coefficient (Wildman–Crippen LogP) is 11.3. The van der Waals surface area contributed by atoms with E-state index in [1.807, 2.05) is 61.2 Å². The molecule has 1 fully saturated rings. The topological polar surface area (TPSA) is 98.0 Å². The van der Waals surface area contributed by atoms with Crippen molar-refractivity contribution < 1.29 is 9.59 Å². The molecule has 1 amide bonds. The number of amides is 1. The van der Waals surface area contributed by atoms with Crippen LogP contribution in [-0.2, 0) is 4.79 Å². The van der Waals surface area contributed by atoms with E-state index in [1.54, 1.807) is 0 Å². The minimum atomic E-state index is -0.00554. The van der Waals surface area contributed by atoms with E-state index in [4.69, 9.17) is 9.97 Å². The molecule has 8 nitrogen and oxygen atoms in total. The Bertz CT molecular complexity index is 3010. The van der Waals surface area contributed by atoms with Crippen LogP contribution in [0.1, 0.15) is 47.0 Å². The van der Waals surface area contributed by atoms with Crippen LogP contribution in [0.15, 0.2) is 140 Å². The first kappa shape index (κ1) is 38.8. The average molecular weight is 811 g/mol. The normalized spacial score (nSPS) is 13.8. The van der Waals surface area contributed by atoms with Gasteiger partial charge in [0.1, 0.15) is 5.78 Å². The second-order valence-corrected chi connectivity index (χ2v) is 16.4. The van der Waals surface area contributed by atoms with Gasteiger partial charge in [-0.05, 0) is 83.0 Å². The van der Waals surface area contributed by atoms with Gasteiger partial charge in [0.25, 0.3) is 5.91 Å². The van der Waals surface area contributed by atoms with Crippen LogP contribution in [-0.4, -0.2) is 74.1 Å². The molecule has 0 saturated carbocycles. The van der Waals surface area contributed by atoms with Crippen LogP contribution in [0.4, 0.5) is 0 Å². The number of hydrogen-bond donors (Lipinski definition) is 2. The van der Waals surface area contributed by atoms with Crippen molar-refractivity contribution in [2.45, 2.75) is 13.8 Å². The summed E-state index contributed by atoms with van der Waals surface area (Å²) in [6.45, 7) is 6.84. The number of aromatic nitrogens is 4. The number of fused-ring (bicyclic) bond motifs is 8. The highest BCUT2D eigenvalue weighted by Crippen LogP contribution is 2.38. The van der Waals surface area contributed by atoms with Crippen molar-refractivity contribution in [3.8, 4) is 44.5 Å². The maximum absolute atomic E-state index is 13.8. The van der Waals surface area contributed by atoms with Crippen LogP contribution in [0.5, 0.6) is 0 Å². The molecular formula is C54H46N6O2. The van der Waals surface area contributed by atoms with Crippen molar-refractivity contribution in [3.63, 3.8) is 0 Å². The lowest BCUT2D eigenvalue weighted by Gasteiger charge is -2.34. The zero-order chi connectivity index (χ0) is 42.2. The molecule has 62 heavy (non-hydrogen) atoms. The summed E-state index contributed by atoms with van der Waals surface area (Å²) in [6, 6.07) is 47.6. The first-order valence-corrected chi connectivity index (χ1v) is 21.4. The summed E-state index contributed by atoms with van der Waals surface area (Å²) >= 11 is 0. The van der Waals surface area contributed by atoms with Crippen molar-refractivity contribution in [1.29, 1.82) is 0 Å². The molecule has 1 saturated heterocycles. The van der Waals surface area contributed by atoms with Crippen LogP contribution in [0.25, 0.3) is 90.9 Å². The fraction of sp³-hybridized carbons (Fsp3) is 0.148. The Balaban J connectivity index is 1.17. The molecule has 8 heteroatoms. The fourth-order valence-corrected chi connectivity index (χ4v) is 8.71. The van der Waals surface area contributed by atoms with Crippen LogP contribution >= 0.6 is 0 Å². The van der Waals surface area contributed by atoms with E-state index in [2.05, 4.69) is 136 Å². The minimum absolute atomic E-state index is 0.00554. The van der Waals surface area contributed by atoms with Gasteiger partial charge in [-0.15, -0.1) is 0 Å². The smallest absolute Gasteiger partial charge is 0.253 e. The van der Waals surface area contributed by atoms with Gasteiger partial charge in [0.2, 0.25) is 0 Å². The number of nitrogens with zero attached hydrogens (tertiary/aromatic N) is 4. The summed E-state index contributed by atoms with van der Waals surface area (Å²) in [7, 11) is 0. The van der Waals surface area contributed by atoms with Gasteiger partial charge in [-0.25, -0.2) is 9.97 Å². The number of ketones is 1. The zero-order valence-electron chi connectivity index (χ0n) is 34.8. The van der Waals surface area contributed by atoms with E-state index in [0.717, 1.165) is 89.4 Å².